The van der Waals surface area contributed by atoms with E-state index in [1.807, 2.05) is 34.7 Å². The van der Waals surface area contributed by atoms with Gasteiger partial charge < -0.3 is 19.4 Å². The molecule has 2 fully saturated rings. The quantitative estimate of drug-likeness (QED) is 0.859. The van der Waals surface area contributed by atoms with Gasteiger partial charge in [0.25, 0.3) is 0 Å². The van der Waals surface area contributed by atoms with Gasteiger partial charge in [-0.15, -0.1) is 0 Å². The van der Waals surface area contributed by atoms with E-state index in [1.54, 1.807) is 12.4 Å². The Bertz CT molecular complexity index is 528. The van der Waals surface area contributed by atoms with Crippen LogP contribution in [0.4, 0.5) is 5.69 Å². The van der Waals surface area contributed by atoms with Crippen LogP contribution >= 0.6 is 0 Å². The number of rotatable bonds is 4. The van der Waals surface area contributed by atoms with Crippen LogP contribution in [0.2, 0.25) is 0 Å². The molecule has 1 aromatic rings. The molecular formula is C15H23BN2O3. The summed E-state index contributed by atoms with van der Waals surface area (Å²) >= 11 is 0. The predicted octanol–water partition coefficient (Wildman–Crippen LogP) is 1.96. The largest absolute Gasteiger partial charge is 0.500 e. The maximum atomic E-state index is 6.12. The molecule has 1 saturated heterocycles. The van der Waals surface area contributed by atoms with E-state index in [0.717, 1.165) is 29.7 Å². The smallest absolute Gasteiger partial charge is 0.489 e. The van der Waals surface area contributed by atoms with Gasteiger partial charge in [-0.1, -0.05) is 0 Å². The third kappa shape index (κ3) is 2.62. The van der Waals surface area contributed by atoms with E-state index in [2.05, 4.69) is 10.3 Å². The maximum absolute atomic E-state index is 6.12. The zero-order chi connectivity index (χ0) is 15.3. The highest BCUT2D eigenvalue weighted by atomic mass is 16.7. The Morgan fingerprint density at radius 2 is 1.81 bits per heavy atom. The molecule has 1 saturated carbocycles. The molecule has 0 radical (unpaired) electrons. The first kappa shape index (κ1) is 14.7. The fourth-order valence-corrected chi connectivity index (χ4v) is 2.26. The van der Waals surface area contributed by atoms with Crippen molar-refractivity contribution in [2.45, 2.75) is 57.8 Å². The van der Waals surface area contributed by atoms with Crippen LogP contribution in [0.15, 0.2) is 12.4 Å². The van der Waals surface area contributed by atoms with Crippen LogP contribution in [0.1, 0.15) is 40.5 Å². The van der Waals surface area contributed by atoms with Crippen LogP contribution in [0.5, 0.6) is 5.75 Å². The SMILES string of the molecule is CNc1cncc(B2OC(C)(C)C(C)(C)O2)c1OC1CC1. The van der Waals surface area contributed by atoms with Crippen molar-refractivity contribution in [1.82, 2.24) is 4.98 Å². The van der Waals surface area contributed by atoms with Gasteiger partial charge in [-0.05, 0) is 40.5 Å². The van der Waals surface area contributed by atoms with Crippen molar-refractivity contribution in [2.24, 2.45) is 0 Å². The standard InChI is InChI=1S/C15H23BN2O3/c1-14(2)15(3,4)21-16(20-14)11-8-18-9-12(17-5)13(11)19-10-6-7-10/h8-10,17H,6-7H2,1-5H3. The summed E-state index contributed by atoms with van der Waals surface area (Å²) in [6.07, 6.45) is 6.07. The van der Waals surface area contributed by atoms with Gasteiger partial charge in [0.05, 0.1) is 29.2 Å². The van der Waals surface area contributed by atoms with Crippen LogP contribution in [0, 0.1) is 0 Å². The second kappa shape index (κ2) is 4.88. The van der Waals surface area contributed by atoms with Crippen LogP contribution in [0.25, 0.3) is 0 Å². The topological polar surface area (TPSA) is 52.6 Å². The van der Waals surface area contributed by atoms with Crippen molar-refractivity contribution >= 4 is 18.3 Å². The average Bonchev–Trinajstić information content (AvgIpc) is 3.17. The predicted molar refractivity (Wildman–Crippen MR) is 83.1 cm³/mol. The Labute approximate surface area is 126 Å². The zero-order valence-electron chi connectivity index (χ0n) is 13.4. The lowest BCUT2D eigenvalue weighted by molar-refractivity contribution is 0.00578. The molecular weight excluding hydrogens is 267 g/mol. The molecule has 21 heavy (non-hydrogen) atoms. The number of pyridine rings is 1. The molecule has 114 valence electrons. The van der Waals surface area contributed by atoms with Crippen molar-refractivity contribution in [3.63, 3.8) is 0 Å². The number of aromatic nitrogens is 1. The van der Waals surface area contributed by atoms with Crippen molar-refractivity contribution in [1.29, 1.82) is 0 Å². The minimum atomic E-state index is -0.454. The van der Waals surface area contributed by atoms with E-state index in [1.165, 1.54) is 0 Å². The highest BCUT2D eigenvalue weighted by Gasteiger charge is 2.53. The first-order valence-electron chi connectivity index (χ1n) is 7.52. The Balaban J connectivity index is 1.95. The maximum Gasteiger partial charge on any atom is 0.500 e. The Kier molecular flexibility index (Phi) is 3.41. The molecule has 2 aliphatic rings. The van der Waals surface area contributed by atoms with Gasteiger partial charge in [0.15, 0.2) is 0 Å². The van der Waals surface area contributed by atoms with Crippen LogP contribution in [-0.4, -0.2) is 36.5 Å². The number of anilines is 1. The first-order chi connectivity index (χ1) is 9.84. The van der Waals surface area contributed by atoms with Crippen LogP contribution < -0.4 is 15.5 Å². The van der Waals surface area contributed by atoms with E-state index in [-0.39, 0.29) is 11.2 Å². The fraction of sp³-hybridized carbons (Fsp3) is 0.667. The molecule has 1 aromatic heterocycles. The minimum Gasteiger partial charge on any atom is -0.489 e. The molecule has 0 amide bonds. The van der Waals surface area contributed by atoms with E-state index < -0.39 is 7.12 Å². The van der Waals surface area contributed by atoms with Crippen molar-refractivity contribution < 1.29 is 14.0 Å². The zero-order valence-corrected chi connectivity index (χ0v) is 13.4. The minimum absolute atomic E-state index is 0.306. The highest BCUT2D eigenvalue weighted by Crippen LogP contribution is 2.38. The molecule has 3 rings (SSSR count). The summed E-state index contributed by atoms with van der Waals surface area (Å²) in [5, 5.41) is 3.14. The van der Waals surface area contributed by atoms with E-state index in [0.29, 0.717) is 6.10 Å². The van der Waals surface area contributed by atoms with Crippen molar-refractivity contribution in [3.8, 4) is 5.75 Å². The Hall–Kier alpha value is -1.27. The normalized spacial score (nSPS) is 23.2. The lowest BCUT2D eigenvalue weighted by Crippen LogP contribution is -2.41. The molecule has 1 aliphatic carbocycles. The molecule has 0 aromatic carbocycles. The molecule has 6 heteroatoms. The summed E-state index contributed by atoms with van der Waals surface area (Å²) in [5.74, 6) is 0.800. The number of nitrogens with zero attached hydrogens (tertiary/aromatic N) is 1. The summed E-state index contributed by atoms with van der Waals surface area (Å²) in [5.41, 5.74) is 0.982. The lowest BCUT2D eigenvalue weighted by atomic mass is 9.79. The summed E-state index contributed by atoms with van der Waals surface area (Å²) in [4.78, 5) is 4.28. The van der Waals surface area contributed by atoms with Gasteiger partial charge >= 0.3 is 7.12 Å². The second-order valence-electron chi connectivity index (χ2n) is 6.76. The third-order valence-electron chi connectivity index (χ3n) is 4.51. The molecule has 0 atom stereocenters. The van der Waals surface area contributed by atoms with E-state index in [4.69, 9.17) is 14.0 Å². The van der Waals surface area contributed by atoms with Crippen molar-refractivity contribution in [3.05, 3.63) is 12.4 Å². The molecule has 5 nitrogen and oxygen atoms in total. The molecule has 0 bridgehead atoms. The molecule has 0 spiro atoms. The van der Waals surface area contributed by atoms with Gasteiger partial charge in [0.2, 0.25) is 0 Å². The fourth-order valence-electron chi connectivity index (χ4n) is 2.26. The van der Waals surface area contributed by atoms with Gasteiger partial charge in [0.1, 0.15) is 5.75 Å². The number of hydrogen-bond donors (Lipinski definition) is 1. The molecule has 0 unspecified atom stereocenters. The summed E-state index contributed by atoms with van der Waals surface area (Å²) in [7, 11) is 1.41. The van der Waals surface area contributed by atoms with Gasteiger partial charge in [-0.2, -0.15) is 0 Å². The first-order valence-corrected chi connectivity index (χ1v) is 7.52. The second-order valence-corrected chi connectivity index (χ2v) is 6.76. The van der Waals surface area contributed by atoms with Crippen LogP contribution in [-0.2, 0) is 9.31 Å². The van der Waals surface area contributed by atoms with Gasteiger partial charge in [-0.25, -0.2) is 0 Å². The van der Waals surface area contributed by atoms with E-state index in [9.17, 15) is 0 Å². The van der Waals surface area contributed by atoms with Crippen LogP contribution in [0.3, 0.4) is 0 Å². The van der Waals surface area contributed by atoms with Crippen molar-refractivity contribution in [2.75, 3.05) is 12.4 Å². The number of ether oxygens (including phenoxy) is 1. The van der Waals surface area contributed by atoms with Gasteiger partial charge in [-0.3, -0.25) is 4.98 Å². The Morgan fingerprint density at radius 3 is 2.33 bits per heavy atom. The average molecular weight is 290 g/mol. The number of nitrogens with one attached hydrogen (secondary N) is 1. The monoisotopic (exact) mass is 290 g/mol. The summed E-state index contributed by atoms with van der Waals surface area (Å²) < 4.78 is 18.3. The van der Waals surface area contributed by atoms with E-state index >= 15 is 0 Å². The third-order valence-corrected chi connectivity index (χ3v) is 4.51. The summed E-state index contributed by atoms with van der Waals surface area (Å²) in [6, 6.07) is 0. The number of hydrogen-bond acceptors (Lipinski definition) is 5. The lowest BCUT2D eigenvalue weighted by Gasteiger charge is -2.32. The highest BCUT2D eigenvalue weighted by molar-refractivity contribution is 6.63. The molecule has 1 aliphatic heterocycles. The molecule has 2 heterocycles. The van der Waals surface area contributed by atoms with Gasteiger partial charge in [0, 0.05) is 18.7 Å². The Morgan fingerprint density at radius 1 is 1.19 bits per heavy atom. The summed E-state index contributed by atoms with van der Waals surface area (Å²) in [6.45, 7) is 8.18. The molecule has 1 N–H and O–H groups in total.